The number of ketones is 1. The third-order valence-corrected chi connectivity index (χ3v) is 9.49. The number of alkyl halides is 5. The van der Waals surface area contributed by atoms with Crippen molar-refractivity contribution >= 4 is 33.1 Å². The molecule has 2 aromatic rings. The molecule has 0 saturated heterocycles. The van der Waals surface area contributed by atoms with E-state index in [1.807, 2.05) is 0 Å². The molecule has 1 aliphatic carbocycles. The van der Waals surface area contributed by atoms with Crippen molar-refractivity contribution in [2.45, 2.75) is 76.6 Å². The lowest BCUT2D eigenvalue weighted by Gasteiger charge is -2.35. The molecule has 3 rings (SSSR count). The second-order valence-corrected chi connectivity index (χ2v) is 13.5. The topological polar surface area (TPSA) is 128 Å². The van der Waals surface area contributed by atoms with Gasteiger partial charge < -0.3 is 15.2 Å². The number of hydrogen-bond donors (Lipinski definition) is 2. The van der Waals surface area contributed by atoms with Crippen LogP contribution in [0.5, 0.6) is 5.75 Å². The maximum Gasteiger partial charge on any atom is 0.401 e. The summed E-state index contributed by atoms with van der Waals surface area (Å²) in [5.41, 5.74) is -5.28. The van der Waals surface area contributed by atoms with Crippen molar-refractivity contribution in [1.29, 1.82) is 0 Å². The molecule has 1 aliphatic rings. The van der Waals surface area contributed by atoms with Crippen molar-refractivity contribution in [1.82, 2.24) is 15.1 Å². The van der Waals surface area contributed by atoms with Crippen LogP contribution in [0.25, 0.3) is 11.3 Å². The first kappa shape index (κ1) is 33.7. The summed E-state index contributed by atoms with van der Waals surface area (Å²) in [6.07, 6.45) is -3.12. The van der Waals surface area contributed by atoms with Gasteiger partial charge in [-0.05, 0) is 58.6 Å². The van der Waals surface area contributed by atoms with Gasteiger partial charge in [0.2, 0.25) is 0 Å². The fraction of sp³-hybridized carbons (Fsp3) is 0.577. The van der Waals surface area contributed by atoms with E-state index in [1.54, 1.807) is 6.92 Å². The average molecular weight is 644 g/mol. The van der Waals surface area contributed by atoms with Crippen molar-refractivity contribution in [2.75, 3.05) is 12.8 Å². The fourth-order valence-corrected chi connectivity index (χ4v) is 6.09. The van der Waals surface area contributed by atoms with Crippen molar-refractivity contribution in [2.24, 2.45) is 5.41 Å². The molecule has 1 aromatic heterocycles. The molecule has 0 radical (unpaired) electrons. The number of aryl methyl sites for hydroxylation is 1. The van der Waals surface area contributed by atoms with E-state index in [1.165, 1.54) is 4.68 Å². The van der Waals surface area contributed by atoms with E-state index in [2.05, 4.69) is 15.2 Å². The van der Waals surface area contributed by atoms with Gasteiger partial charge >= 0.3 is 12.8 Å². The summed E-state index contributed by atoms with van der Waals surface area (Å²) in [5, 5.41) is 16.6. The number of carbonyl (C=O) groups excluding carboxylic acids is 2. The van der Waals surface area contributed by atoms with Crippen molar-refractivity contribution in [3.05, 3.63) is 34.5 Å². The number of aromatic nitrogens is 2. The molecule has 2 N–H and O–H groups in total. The Morgan fingerprint density at radius 3 is 2.33 bits per heavy atom. The summed E-state index contributed by atoms with van der Waals surface area (Å²) in [7, 11) is -3.27. The highest BCUT2D eigenvalue weighted by molar-refractivity contribution is 7.91. The number of carbonyl (C=O) groups is 2. The molecular formula is C26H31ClF5N3O6S. The van der Waals surface area contributed by atoms with Crippen molar-refractivity contribution in [3.63, 3.8) is 0 Å². The number of hydrogen-bond acceptors (Lipinski definition) is 7. The highest BCUT2D eigenvalue weighted by atomic mass is 35.5. The lowest BCUT2D eigenvalue weighted by atomic mass is 9.83. The van der Waals surface area contributed by atoms with Crippen LogP contribution in [0.15, 0.2) is 18.2 Å². The Bertz CT molecular complexity index is 1450. The number of amides is 1. The summed E-state index contributed by atoms with van der Waals surface area (Å²) in [4.78, 5) is 25.7. The van der Waals surface area contributed by atoms with Gasteiger partial charge in [-0.2, -0.15) is 27.1 Å². The zero-order valence-corrected chi connectivity index (χ0v) is 24.8. The molecule has 0 spiro atoms. The Hall–Kier alpha value is -2.78. The molecule has 16 heteroatoms. The number of aliphatic hydroxyl groups is 1. The van der Waals surface area contributed by atoms with Gasteiger partial charge in [-0.1, -0.05) is 17.7 Å². The molecule has 42 heavy (non-hydrogen) atoms. The second-order valence-electron chi connectivity index (χ2n) is 10.8. The zero-order chi connectivity index (χ0) is 31.8. The number of halogens is 6. The summed E-state index contributed by atoms with van der Waals surface area (Å²) >= 11 is 6.47. The van der Waals surface area contributed by atoms with E-state index in [9.17, 15) is 45.1 Å². The van der Waals surface area contributed by atoms with Crippen molar-refractivity contribution < 1.29 is 49.8 Å². The third kappa shape index (κ3) is 7.05. The minimum Gasteiger partial charge on any atom is -0.434 e. The van der Waals surface area contributed by atoms with Crippen LogP contribution in [0.4, 0.5) is 22.0 Å². The maximum absolute atomic E-state index is 13.4. The third-order valence-electron chi connectivity index (χ3n) is 7.45. The Balaban J connectivity index is 1.93. The van der Waals surface area contributed by atoms with E-state index in [4.69, 9.17) is 11.6 Å². The van der Waals surface area contributed by atoms with Crippen LogP contribution in [0.1, 0.15) is 67.3 Å². The van der Waals surface area contributed by atoms with Crippen LogP contribution in [0.2, 0.25) is 5.02 Å². The van der Waals surface area contributed by atoms with Crippen molar-refractivity contribution in [3.8, 4) is 17.0 Å². The number of rotatable bonds is 10. The Morgan fingerprint density at radius 2 is 1.83 bits per heavy atom. The number of Topliss-reactive ketones (excluding diaryl/α,β-unsaturated/α-hetero) is 1. The van der Waals surface area contributed by atoms with Gasteiger partial charge in [0.25, 0.3) is 5.91 Å². The van der Waals surface area contributed by atoms with Crippen LogP contribution in [-0.2, 0) is 16.4 Å². The van der Waals surface area contributed by atoms with Gasteiger partial charge in [-0.25, -0.2) is 8.42 Å². The average Bonchev–Trinajstić information content (AvgIpc) is 3.21. The van der Waals surface area contributed by atoms with Crippen LogP contribution in [0.3, 0.4) is 0 Å². The molecule has 9 nitrogen and oxygen atoms in total. The van der Waals surface area contributed by atoms with Gasteiger partial charge in [-0.15, -0.1) is 0 Å². The highest BCUT2D eigenvalue weighted by Crippen LogP contribution is 2.43. The van der Waals surface area contributed by atoms with Crippen LogP contribution < -0.4 is 10.1 Å². The number of benzene rings is 1. The number of nitrogens with one attached hydrogen (secondary N) is 1. The first-order valence-corrected chi connectivity index (χ1v) is 15.2. The Labute approximate surface area is 244 Å². The van der Waals surface area contributed by atoms with Gasteiger partial charge in [-0.3, -0.25) is 14.3 Å². The molecule has 0 unspecified atom stereocenters. The molecule has 0 aliphatic heterocycles. The summed E-state index contributed by atoms with van der Waals surface area (Å²) in [5.74, 6) is -2.85. The Kier molecular flexibility index (Phi) is 9.69. The van der Waals surface area contributed by atoms with E-state index in [0.29, 0.717) is 13.8 Å². The van der Waals surface area contributed by atoms with Gasteiger partial charge in [0.1, 0.15) is 21.0 Å². The largest absolute Gasteiger partial charge is 0.434 e. The quantitative estimate of drug-likeness (QED) is 0.274. The van der Waals surface area contributed by atoms with Gasteiger partial charge in [0.15, 0.2) is 11.5 Å². The monoisotopic (exact) mass is 643 g/mol. The first-order chi connectivity index (χ1) is 19.2. The number of sulfone groups is 1. The molecule has 1 heterocycles. The molecule has 1 fully saturated rings. The zero-order valence-electron chi connectivity index (χ0n) is 23.2. The van der Waals surface area contributed by atoms with Crippen LogP contribution >= 0.6 is 11.6 Å². The molecule has 1 amide bonds. The molecule has 1 aromatic carbocycles. The smallest absolute Gasteiger partial charge is 0.401 e. The number of nitrogens with zero attached hydrogens (tertiary/aromatic N) is 2. The molecule has 0 atom stereocenters. The molecule has 1 saturated carbocycles. The van der Waals surface area contributed by atoms with Crippen LogP contribution in [-0.4, -0.2) is 71.4 Å². The van der Waals surface area contributed by atoms with Gasteiger partial charge in [0, 0.05) is 30.5 Å². The lowest BCUT2D eigenvalue weighted by Crippen LogP contribution is -2.47. The molecule has 234 valence electrons. The second kappa shape index (κ2) is 12.1. The predicted molar refractivity (Wildman–Crippen MR) is 144 cm³/mol. The number of ether oxygens (including phenoxy) is 1. The van der Waals surface area contributed by atoms with E-state index >= 15 is 0 Å². The minimum atomic E-state index is -4.92. The maximum atomic E-state index is 13.4. The lowest BCUT2D eigenvalue weighted by molar-refractivity contribution is -0.192. The summed E-state index contributed by atoms with van der Waals surface area (Å²) in [6.45, 7) is -0.637. The predicted octanol–water partition coefficient (Wildman–Crippen LogP) is 5.04. The van der Waals surface area contributed by atoms with Gasteiger partial charge in [0.05, 0.1) is 21.6 Å². The first-order valence-electron chi connectivity index (χ1n) is 12.9. The molecule has 0 bridgehead atoms. The van der Waals surface area contributed by atoms with E-state index in [0.717, 1.165) is 24.5 Å². The highest BCUT2D eigenvalue weighted by Gasteiger charge is 2.53. The Morgan fingerprint density at radius 1 is 1.24 bits per heavy atom. The summed E-state index contributed by atoms with van der Waals surface area (Å²) < 4.78 is 96.3. The summed E-state index contributed by atoms with van der Waals surface area (Å²) in [6, 6.07) is 2.84. The van der Waals surface area contributed by atoms with E-state index in [-0.39, 0.29) is 60.7 Å². The van der Waals surface area contributed by atoms with Crippen LogP contribution in [0, 0.1) is 5.41 Å². The minimum absolute atomic E-state index is 0.0681. The molecular weight excluding hydrogens is 613 g/mol. The van der Waals surface area contributed by atoms with E-state index < -0.39 is 61.9 Å². The standard InChI is InChI=1S/C26H31ClF5N3O6S/c1-5-35-20(16-7-6-14(12-17(16)41-23(28)29)21(36)24(2,3)26(30,31)32)18(27)19(34-35)22(37)33-13-25(38)10-8-15(9-11-25)42(4,39)40/h6-7,12,15,23,38H,5,8-11,13H2,1-4H3,(H,33,37). The fourth-order valence-electron chi connectivity index (χ4n) is 4.68. The SMILES string of the molecule is CCn1nc(C(=O)NCC2(O)CCC(S(C)(=O)=O)CC2)c(Cl)c1-c1ccc(C(=O)C(C)(C)C(F)(F)F)cc1OC(F)F. The normalized spacial score (nSPS) is 20.0.